The highest BCUT2D eigenvalue weighted by molar-refractivity contribution is 14.1. The molecule has 0 aliphatic heterocycles. The number of aromatic nitrogens is 3. The second-order valence-electron chi connectivity index (χ2n) is 4.30. The molecule has 19 heavy (non-hydrogen) atoms. The first-order chi connectivity index (χ1) is 9.24. The molecule has 0 saturated heterocycles. The summed E-state index contributed by atoms with van der Waals surface area (Å²) in [5, 5.41) is 11.8. The first kappa shape index (κ1) is 12.6. The molecule has 3 rings (SSSR count). The fourth-order valence-electron chi connectivity index (χ4n) is 1.95. The van der Waals surface area contributed by atoms with E-state index < -0.39 is 0 Å². The zero-order valence-electron chi connectivity index (χ0n) is 10.4. The number of halogens is 1. The Bertz CT molecular complexity index is 691. The molecule has 0 amide bonds. The Morgan fingerprint density at radius 2 is 2.21 bits per heavy atom. The molecule has 1 unspecified atom stereocenters. The van der Waals surface area contributed by atoms with Crippen LogP contribution in [0.25, 0.3) is 5.65 Å². The molecule has 3 aromatic rings. The van der Waals surface area contributed by atoms with Crippen molar-refractivity contribution in [2.45, 2.75) is 19.5 Å². The molecule has 0 aliphatic carbocycles. The highest BCUT2D eigenvalue weighted by Gasteiger charge is 2.13. The maximum absolute atomic E-state index is 5.52. The maximum Gasteiger partial charge on any atom is 0.164 e. The van der Waals surface area contributed by atoms with E-state index in [9.17, 15) is 0 Å². The predicted molar refractivity (Wildman–Crippen MR) is 79.7 cm³/mol. The van der Waals surface area contributed by atoms with E-state index in [2.05, 4.69) is 45.0 Å². The normalized spacial score (nSPS) is 12.9. The molecule has 0 spiro atoms. The zero-order chi connectivity index (χ0) is 13.2. The lowest BCUT2D eigenvalue weighted by Crippen LogP contribution is -2.20. The summed E-state index contributed by atoms with van der Waals surface area (Å²) in [6.07, 6.45) is 1.97. The topological polar surface area (TPSA) is 55.4 Å². The van der Waals surface area contributed by atoms with Gasteiger partial charge in [-0.1, -0.05) is 6.07 Å². The van der Waals surface area contributed by atoms with E-state index in [1.54, 1.807) is 0 Å². The fraction of sp³-hybridized carbons (Fsp3) is 0.231. The van der Waals surface area contributed by atoms with Crippen LogP contribution >= 0.6 is 22.6 Å². The molecular weight excluding hydrogens is 355 g/mol. The van der Waals surface area contributed by atoms with Crippen molar-refractivity contribution in [3.05, 3.63) is 51.9 Å². The van der Waals surface area contributed by atoms with E-state index in [0.29, 0.717) is 6.54 Å². The van der Waals surface area contributed by atoms with Gasteiger partial charge in [-0.25, -0.2) is 0 Å². The lowest BCUT2D eigenvalue weighted by Gasteiger charge is -2.10. The molecule has 0 bridgehead atoms. The molecule has 0 fully saturated rings. The Hall–Kier alpha value is -1.41. The molecule has 1 atom stereocenters. The first-order valence-electron chi connectivity index (χ1n) is 6.01. The zero-order valence-corrected chi connectivity index (χ0v) is 12.5. The summed E-state index contributed by atoms with van der Waals surface area (Å²) in [5.41, 5.74) is 0.860. The van der Waals surface area contributed by atoms with Crippen LogP contribution in [-0.4, -0.2) is 14.6 Å². The Labute approximate surface area is 124 Å². The van der Waals surface area contributed by atoms with Gasteiger partial charge in [0.25, 0.3) is 0 Å². The molecule has 1 N–H and O–H groups in total. The minimum Gasteiger partial charge on any atom is -0.454 e. The standard InChI is InChI=1S/C13H13IN4O/c1-9(15-8-10-5-6-11(14)19-10)13-17-16-12-4-2-3-7-18(12)13/h2-7,9,15H,8H2,1H3. The number of rotatable bonds is 4. The maximum atomic E-state index is 5.52. The molecule has 3 heterocycles. The Balaban J connectivity index is 1.75. The summed E-state index contributed by atoms with van der Waals surface area (Å²) in [7, 11) is 0. The van der Waals surface area contributed by atoms with Crippen molar-refractivity contribution in [3.8, 4) is 0 Å². The average Bonchev–Trinajstić information content (AvgIpc) is 3.02. The molecule has 0 aromatic carbocycles. The molecule has 98 valence electrons. The van der Waals surface area contributed by atoms with E-state index in [4.69, 9.17) is 4.42 Å². The van der Waals surface area contributed by atoms with Gasteiger partial charge in [0, 0.05) is 6.20 Å². The molecular formula is C13H13IN4O. The van der Waals surface area contributed by atoms with Gasteiger partial charge in [-0.3, -0.25) is 4.40 Å². The van der Waals surface area contributed by atoms with Crippen molar-refractivity contribution in [1.82, 2.24) is 19.9 Å². The first-order valence-corrected chi connectivity index (χ1v) is 7.09. The van der Waals surface area contributed by atoms with Crippen LogP contribution in [0.2, 0.25) is 0 Å². The van der Waals surface area contributed by atoms with E-state index in [0.717, 1.165) is 21.0 Å². The number of hydrogen-bond acceptors (Lipinski definition) is 4. The van der Waals surface area contributed by atoms with Crippen LogP contribution in [0.15, 0.2) is 40.9 Å². The van der Waals surface area contributed by atoms with E-state index in [-0.39, 0.29) is 6.04 Å². The SMILES string of the molecule is CC(NCc1ccc(I)o1)c1nnc2ccccn12. The summed E-state index contributed by atoms with van der Waals surface area (Å²) < 4.78 is 8.41. The minimum absolute atomic E-state index is 0.0974. The quantitative estimate of drug-likeness (QED) is 0.720. The van der Waals surface area contributed by atoms with E-state index >= 15 is 0 Å². The number of nitrogens with zero attached hydrogens (tertiary/aromatic N) is 3. The van der Waals surface area contributed by atoms with Crippen LogP contribution in [0, 0.1) is 3.77 Å². The lowest BCUT2D eigenvalue weighted by molar-refractivity contribution is 0.438. The third kappa shape index (κ3) is 2.64. The number of nitrogens with one attached hydrogen (secondary N) is 1. The van der Waals surface area contributed by atoms with Crippen LogP contribution in [-0.2, 0) is 6.54 Å². The van der Waals surface area contributed by atoms with Crippen LogP contribution < -0.4 is 5.32 Å². The van der Waals surface area contributed by atoms with Crippen molar-refractivity contribution >= 4 is 28.2 Å². The lowest BCUT2D eigenvalue weighted by atomic mass is 10.3. The summed E-state index contributed by atoms with van der Waals surface area (Å²) >= 11 is 2.16. The molecule has 0 radical (unpaired) electrons. The smallest absolute Gasteiger partial charge is 0.164 e. The second kappa shape index (κ2) is 5.30. The highest BCUT2D eigenvalue weighted by atomic mass is 127. The Morgan fingerprint density at radius 1 is 1.32 bits per heavy atom. The van der Waals surface area contributed by atoms with Crippen molar-refractivity contribution in [2.75, 3.05) is 0 Å². The summed E-state index contributed by atoms with van der Waals surface area (Å²) in [4.78, 5) is 0. The van der Waals surface area contributed by atoms with Gasteiger partial charge in [-0.05, 0) is 53.8 Å². The molecule has 6 heteroatoms. The van der Waals surface area contributed by atoms with Gasteiger partial charge in [-0.15, -0.1) is 10.2 Å². The molecule has 0 saturated carbocycles. The molecule has 3 aromatic heterocycles. The van der Waals surface area contributed by atoms with Gasteiger partial charge in [0.2, 0.25) is 0 Å². The number of fused-ring (bicyclic) bond motifs is 1. The summed E-state index contributed by atoms with van der Waals surface area (Å²) in [5.74, 6) is 1.82. The molecule has 5 nitrogen and oxygen atoms in total. The Morgan fingerprint density at radius 3 is 3.00 bits per heavy atom. The predicted octanol–water partition coefficient (Wildman–Crippen LogP) is 2.78. The van der Waals surface area contributed by atoms with Crippen LogP contribution in [0.3, 0.4) is 0 Å². The van der Waals surface area contributed by atoms with Crippen molar-refractivity contribution in [3.63, 3.8) is 0 Å². The third-order valence-electron chi connectivity index (χ3n) is 2.94. The third-order valence-corrected chi connectivity index (χ3v) is 3.52. The fourth-order valence-corrected chi connectivity index (χ4v) is 2.41. The minimum atomic E-state index is 0.0974. The van der Waals surface area contributed by atoms with Gasteiger partial charge < -0.3 is 9.73 Å². The Kier molecular flexibility index (Phi) is 3.52. The summed E-state index contributed by atoms with van der Waals surface area (Å²) in [6.45, 7) is 2.74. The van der Waals surface area contributed by atoms with Gasteiger partial charge in [0.1, 0.15) is 5.76 Å². The van der Waals surface area contributed by atoms with Crippen molar-refractivity contribution in [2.24, 2.45) is 0 Å². The monoisotopic (exact) mass is 368 g/mol. The van der Waals surface area contributed by atoms with Gasteiger partial charge in [0.15, 0.2) is 15.2 Å². The highest BCUT2D eigenvalue weighted by Crippen LogP contribution is 2.14. The van der Waals surface area contributed by atoms with E-state index in [1.807, 2.05) is 40.9 Å². The number of hydrogen-bond donors (Lipinski definition) is 1. The van der Waals surface area contributed by atoms with Crippen molar-refractivity contribution in [1.29, 1.82) is 0 Å². The number of furan rings is 1. The molecule has 0 aliphatic rings. The average molecular weight is 368 g/mol. The largest absolute Gasteiger partial charge is 0.454 e. The van der Waals surface area contributed by atoms with Crippen molar-refractivity contribution < 1.29 is 4.42 Å². The van der Waals surface area contributed by atoms with Crippen LogP contribution in [0.1, 0.15) is 24.6 Å². The van der Waals surface area contributed by atoms with Crippen LogP contribution in [0.5, 0.6) is 0 Å². The number of pyridine rings is 1. The van der Waals surface area contributed by atoms with Crippen LogP contribution in [0.4, 0.5) is 0 Å². The van der Waals surface area contributed by atoms with Gasteiger partial charge >= 0.3 is 0 Å². The van der Waals surface area contributed by atoms with Gasteiger partial charge in [-0.2, -0.15) is 0 Å². The second-order valence-corrected chi connectivity index (χ2v) is 5.36. The van der Waals surface area contributed by atoms with E-state index in [1.165, 1.54) is 0 Å². The van der Waals surface area contributed by atoms with Gasteiger partial charge in [0.05, 0.1) is 12.6 Å². The summed E-state index contributed by atoms with van der Waals surface area (Å²) in [6, 6.07) is 9.90.